The molecule has 114 valence electrons. The third kappa shape index (κ3) is 5.92. The van der Waals surface area contributed by atoms with Crippen LogP contribution in [0.5, 0.6) is 5.75 Å². The Bertz CT molecular complexity index is 500. The van der Waals surface area contributed by atoms with Crippen molar-refractivity contribution in [2.45, 2.75) is 32.7 Å². The molecule has 0 aliphatic carbocycles. The number of rotatable bonds is 9. The van der Waals surface area contributed by atoms with Crippen LogP contribution in [0.3, 0.4) is 0 Å². The van der Waals surface area contributed by atoms with Gasteiger partial charge in [-0.3, -0.25) is 0 Å². The van der Waals surface area contributed by atoms with Crippen LogP contribution in [-0.2, 0) is 9.84 Å². The van der Waals surface area contributed by atoms with Crippen molar-refractivity contribution in [2.24, 2.45) is 0 Å². The number of nitrogens with one attached hydrogen (secondary N) is 1. The zero-order valence-corrected chi connectivity index (χ0v) is 13.4. The molecule has 4 nitrogen and oxygen atoms in total. The van der Waals surface area contributed by atoms with E-state index >= 15 is 0 Å². The Morgan fingerprint density at radius 2 is 1.95 bits per heavy atom. The first kappa shape index (κ1) is 17.0. The lowest BCUT2D eigenvalue weighted by molar-refractivity contribution is 0.310. The molecule has 0 saturated carbocycles. The van der Waals surface area contributed by atoms with E-state index in [0.29, 0.717) is 13.0 Å². The van der Waals surface area contributed by atoms with Crippen molar-refractivity contribution in [3.05, 3.63) is 29.8 Å². The molecule has 1 aromatic carbocycles. The largest absolute Gasteiger partial charge is 0.493 e. The second-order valence-electron chi connectivity index (χ2n) is 4.89. The molecular weight excluding hydrogens is 274 g/mol. The number of hydrogen-bond acceptors (Lipinski definition) is 4. The first-order valence-electron chi connectivity index (χ1n) is 7.10. The van der Waals surface area contributed by atoms with E-state index in [4.69, 9.17) is 4.74 Å². The minimum atomic E-state index is -2.91. The molecule has 0 radical (unpaired) electrons. The summed E-state index contributed by atoms with van der Waals surface area (Å²) >= 11 is 0. The van der Waals surface area contributed by atoms with Gasteiger partial charge in [-0.1, -0.05) is 32.0 Å². The van der Waals surface area contributed by atoms with Crippen molar-refractivity contribution in [2.75, 3.05) is 25.2 Å². The Kier molecular flexibility index (Phi) is 7.02. The van der Waals surface area contributed by atoms with Gasteiger partial charge >= 0.3 is 0 Å². The van der Waals surface area contributed by atoms with Crippen LogP contribution in [-0.4, -0.2) is 33.6 Å². The van der Waals surface area contributed by atoms with Gasteiger partial charge in [-0.15, -0.1) is 0 Å². The van der Waals surface area contributed by atoms with Crippen LogP contribution < -0.4 is 10.1 Å². The average Bonchev–Trinajstić information content (AvgIpc) is 2.40. The van der Waals surface area contributed by atoms with E-state index in [1.165, 1.54) is 6.26 Å². The van der Waals surface area contributed by atoms with Crippen LogP contribution in [0.15, 0.2) is 24.3 Å². The standard InChI is InChI=1S/C15H25NO3S/c1-4-14(16-5-2)13-9-6-7-10-15(13)19-11-8-12-20(3,17)18/h6-7,9-10,14,16H,4-5,8,11-12H2,1-3H3. The molecule has 0 amide bonds. The molecule has 0 aliphatic heterocycles. The first-order chi connectivity index (χ1) is 9.48. The Morgan fingerprint density at radius 1 is 1.25 bits per heavy atom. The van der Waals surface area contributed by atoms with E-state index in [-0.39, 0.29) is 11.8 Å². The maximum Gasteiger partial charge on any atom is 0.147 e. The number of sulfone groups is 1. The predicted octanol–water partition coefficient (Wildman–Crippen LogP) is 2.56. The summed E-state index contributed by atoms with van der Waals surface area (Å²) in [5, 5.41) is 3.43. The molecule has 0 bridgehead atoms. The smallest absolute Gasteiger partial charge is 0.147 e. The van der Waals surface area contributed by atoms with Gasteiger partial charge in [-0.05, 0) is 25.5 Å². The highest BCUT2D eigenvalue weighted by atomic mass is 32.2. The molecule has 1 N–H and O–H groups in total. The van der Waals surface area contributed by atoms with Crippen molar-refractivity contribution in [3.8, 4) is 5.75 Å². The fourth-order valence-electron chi connectivity index (χ4n) is 2.12. The highest BCUT2D eigenvalue weighted by Gasteiger charge is 2.13. The van der Waals surface area contributed by atoms with Crippen molar-refractivity contribution < 1.29 is 13.2 Å². The molecule has 1 aromatic rings. The zero-order valence-electron chi connectivity index (χ0n) is 12.6. The fourth-order valence-corrected chi connectivity index (χ4v) is 2.77. The molecule has 1 rings (SSSR count). The Hall–Kier alpha value is -1.07. The monoisotopic (exact) mass is 299 g/mol. The van der Waals surface area contributed by atoms with E-state index in [1.807, 2.05) is 18.2 Å². The topological polar surface area (TPSA) is 55.4 Å². The maximum atomic E-state index is 11.1. The third-order valence-corrected chi connectivity index (χ3v) is 4.10. The van der Waals surface area contributed by atoms with Gasteiger partial charge in [0.2, 0.25) is 0 Å². The molecule has 1 atom stereocenters. The zero-order chi connectivity index (χ0) is 15.0. The minimum absolute atomic E-state index is 0.166. The number of para-hydroxylation sites is 1. The number of ether oxygens (including phenoxy) is 1. The molecule has 20 heavy (non-hydrogen) atoms. The molecule has 0 saturated heterocycles. The van der Waals surface area contributed by atoms with Crippen molar-refractivity contribution in [1.82, 2.24) is 5.32 Å². The van der Waals surface area contributed by atoms with Crippen LogP contribution >= 0.6 is 0 Å². The summed E-state index contributed by atoms with van der Waals surface area (Å²) in [7, 11) is -2.91. The van der Waals surface area contributed by atoms with E-state index in [9.17, 15) is 8.42 Å². The molecule has 0 spiro atoms. The summed E-state index contributed by atoms with van der Waals surface area (Å²) < 4.78 is 27.9. The van der Waals surface area contributed by atoms with E-state index in [0.717, 1.165) is 24.3 Å². The van der Waals surface area contributed by atoms with Gasteiger partial charge < -0.3 is 10.1 Å². The summed E-state index contributed by atoms with van der Waals surface area (Å²) in [6.45, 7) is 5.54. The Morgan fingerprint density at radius 3 is 2.55 bits per heavy atom. The quantitative estimate of drug-likeness (QED) is 0.712. The third-order valence-electron chi connectivity index (χ3n) is 3.07. The molecule has 0 heterocycles. The molecule has 0 fully saturated rings. The van der Waals surface area contributed by atoms with Gasteiger partial charge in [0.05, 0.1) is 12.4 Å². The lowest BCUT2D eigenvalue weighted by Gasteiger charge is -2.20. The van der Waals surface area contributed by atoms with Crippen LogP contribution in [0.2, 0.25) is 0 Å². The highest BCUT2D eigenvalue weighted by molar-refractivity contribution is 7.90. The van der Waals surface area contributed by atoms with Gasteiger partial charge in [-0.25, -0.2) is 8.42 Å². The summed E-state index contributed by atoms with van der Waals surface area (Å²) in [4.78, 5) is 0. The summed E-state index contributed by atoms with van der Waals surface area (Å²) in [5.41, 5.74) is 1.14. The first-order valence-corrected chi connectivity index (χ1v) is 9.16. The van der Waals surface area contributed by atoms with Crippen LogP contribution in [0, 0.1) is 0 Å². The predicted molar refractivity (Wildman–Crippen MR) is 83.0 cm³/mol. The molecule has 5 heteroatoms. The van der Waals surface area contributed by atoms with Gasteiger partial charge in [-0.2, -0.15) is 0 Å². The number of benzene rings is 1. The lowest BCUT2D eigenvalue weighted by Crippen LogP contribution is -2.21. The van der Waals surface area contributed by atoms with Gasteiger partial charge in [0.25, 0.3) is 0 Å². The second kappa shape index (κ2) is 8.27. The second-order valence-corrected chi connectivity index (χ2v) is 7.15. The maximum absolute atomic E-state index is 11.1. The van der Waals surface area contributed by atoms with Gasteiger partial charge in [0, 0.05) is 17.9 Å². The SMILES string of the molecule is CCNC(CC)c1ccccc1OCCCS(C)(=O)=O. The van der Waals surface area contributed by atoms with Crippen LogP contribution in [0.25, 0.3) is 0 Å². The Balaban J connectivity index is 2.65. The van der Waals surface area contributed by atoms with Gasteiger partial charge in [0.1, 0.15) is 15.6 Å². The molecule has 0 aliphatic rings. The molecular formula is C15H25NO3S. The highest BCUT2D eigenvalue weighted by Crippen LogP contribution is 2.27. The Labute approximate surface area is 122 Å². The summed E-state index contributed by atoms with van der Waals surface area (Å²) in [6.07, 6.45) is 2.75. The van der Waals surface area contributed by atoms with E-state index in [2.05, 4.69) is 25.2 Å². The summed E-state index contributed by atoms with van der Waals surface area (Å²) in [6, 6.07) is 8.21. The van der Waals surface area contributed by atoms with Crippen LogP contribution in [0.1, 0.15) is 38.3 Å². The lowest BCUT2D eigenvalue weighted by atomic mass is 10.0. The number of hydrogen-bond donors (Lipinski definition) is 1. The van der Waals surface area contributed by atoms with E-state index < -0.39 is 9.84 Å². The van der Waals surface area contributed by atoms with Gasteiger partial charge in [0.15, 0.2) is 0 Å². The van der Waals surface area contributed by atoms with Crippen molar-refractivity contribution in [3.63, 3.8) is 0 Å². The van der Waals surface area contributed by atoms with E-state index in [1.54, 1.807) is 0 Å². The van der Waals surface area contributed by atoms with Crippen molar-refractivity contribution in [1.29, 1.82) is 0 Å². The van der Waals surface area contributed by atoms with Crippen LogP contribution in [0.4, 0.5) is 0 Å². The molecule has 1 unspecified atom stereocenters. The summed E-state index contributed by atoms with van der Waals surface area (Å²) in [5.74, 6) is 1.01. The van der Waals surface area contributed by atoms with Crippen molar-refractivity contribution >= 4 is 9.84 Å². The normalized spacial score (nSPS) is 13.2. The minimum Gasteiger partial charge on any atom is -0.493 e. The fraction of sp³-hybridized carbons (Fsp3) is 0.600. The average molecular weight is 299 g/mol. The molecule has 0 aromatic heterocycles.